The highest BCUT2D eigenvalue weighted by Gasteiger charge is 2.12. The molecule has 67 heavy (non-hydrogen) atoms. The van der Waals surface area contributed by atoms with Crippen molar-refractivity contribution in [1.82, 2.24) is 9.80 Å². The summed E-state index contributed by atoms with van der Waals surface area (Å²) in [5, 5.41) is 0. The second-order valence-electron chi connectivity index (χ2n) is 22.8. The van der Waals surface area contributed by atoms with Crippen LogP contribution in [0.3, 0.4) is 0 Å². The van der Waals surface area contributed by atoms with Gasteiger partial charge in [0.15, 0.2) is 0 Å². The van der Waals surface area contributed by atoms with E-state index >= 15 is 0 Å². The molecule has 0 unspecified atom stereocenters. The maximum absolute atomic E-state index is 2.94. The van der Waals surface area contributed by atoms with Crippen molar-refractivity contribution in [2.75, 3.05) is 32.8 Å². The van der Waals surface area contributed by atoms with Crippen LogP contribution < -0.4 is 0 Å². The van der Waals surface area contributed by atoms with Crippen LogP contribution in [0.15, 0.2) is 0 Å². The van der Waals surface area contributed by atoms with Crippen molar-refractivity contribution in [3.8, 4) is 0 Å². The Morgan fingerprint density at radius 3 is 0.358 bits per heavy atom. The van der Waals surface area contributed by atoms with Crippen molar-refractivity contribution in [2.45, 2.75) is 387 Å². The largest absolute Gasteiger partial charge is 0.290 e. The van der Waals surface area contributed by atoms with E-state index in [-0.39, 0.29) is 0 Å². The van der Waals surface area contributed by atoms with E-state index in [1.165, 1.54) is 392 Å². The maximum atomic E-state index is 2.94. The minimum Gasteiger partial charge on any atom is -0.290 e. The molecule has 0 aromatic heterocycles. The number of rotatable bonds is 62. The van der Waals surface area contributed by atoms with Crippen LogP contribution in [0.4, 0.5) is 0 Å². The van der Waals surface area contributed by atoms with Crippen molar-refractivity contribution >= 4 is 0 Å². The molecular formula is C65H134N2. The van der Waals surface area contributed by atoms with Crippen LogP contribution in [0.5, 0.6) is 0 Å². The number of nitrogens with zero attached hydrogens (tertiary/aromatic N) is 2. The summed E-state index contributed by atoms with van der Waals surface area (Å²) < 4.78 is 0. The summed E-state index contributed by atoms with van der Waals surface area (Å²) in [5.74, 6) is 0. The van der Waals surface area contributed by atoms with Gasteiger partial charge in [0.2, 0.25) is 0 Å². The normalized spacial score (nSPS) is 11.9. The SMILES string of the molecule is CCCCCCCCCCCCCCCCN(CCCCCCCCCCCCCCCC)CN(CCCCCCCCCCCCCCCC)CCCCCCCCCCCCCCCC. The Bertz CT molecular complexity index is 696. The third-order valence-electron chi connectivity index (χ3n) is 15.7. The smallest absolute Gasteiger partial charge is 0.0506 e. The predicted octanol–water partition coefficient (Wildman–Crippen LogP) is 23.5. The summed E-state index contributed by atoms with van der Waals surface area (Å²) in [4.78, 5) is 5.88. The maximum Gasteiger partial charge on any atom is 0.0506 e. The first kappa shape index (κ1) is 66.9. The number of unbranched alkanes of at least 4 members (excludes halogenated alkanes) is 52. The minimum absolute atomic E-state index is 1.24. The van der Waals surface area contributed by atoms with E-state index in [0.717, 1.165) is 0 Å². The van der Waals surface area contributed by atoms with E-state index in [0.29, 0.717) is 0 Å². The molecule has 2 nitrogen and oxygen atoms in total. The van der Waals surface area contributed by atoms with Crippen molar-refractivity contribution in [1.29, 1.82) is 0 Å². The van der Waals surface area contributed by atoms with Crippen LogP contribution in [0.2, 0.25) is 0 Å². The lowest BCUT2D eigenvalue weighted by Gasteiger charge is -2.31. The molecule has 404 valence electrons. The fourth-order valence-corrected chi connectivity index (χ4v) is 10.9. The molecule has 2 heteroatoms. The molecule has 0 aromatic carbocycles. The van der Waals surface area contributed by atoms with Gasteiger partial charge in [0.25, 0.3) is 0 Å². The Morgan fingerprint density at radius 2 is 0.239 bits per heavy atom. The predicted molar refractivity (Wildman–Crippen MR) is 309 cm³/mol. The van der Waals surface area contributed by atoms with Crippen molar-refractivity contribution < 1.29 is 0 Å². The van der Waals surface area contributed by atoms with Crippen LogP contribution in [0, 0.1) is 0 Å². The average molecular weight is 944 g/mol. The molecular weight excluding hydrogens is 809 g/mol. The van der Waals surface area contributed by atoms with Gasteiger partial charge in [-0.2, -0.15) is 0 Å². The first-order valence-corrected chi connectivity index (χ1v) is 32.7. The Labute approximate surface area is 428 Å². The first-order chi connectivity index (χ1) is 33.3. The Morgan fingerprint density at radius 1 is 0.134 bits per heavy atom. The molecule has 0 aliphatic carbocycles. The van der Waals surface area contributed by atoms with Gasteiger partial charge >= 0.3 is 0 Å². The van der Waals surface area contributed by atoms with Crippen LogP contribution in [-0.2, 0) is 0 Å². The van der Waals surface area contributed by atoms with E-state index in [9.17, 15) is 0 Å². The van der Waals surface area contributed by atoms with Crippen LogP contribution in [-0.4, -0.2) is 42.6 Å². The van der Waals surface area contributed by atoms with E-state index in [1.54, 1.807) is 0 Å². The molecule has 0 aliphatic rings. The fourth-order valence-electron chi connectivity index (χ4n) is 10.9. The second-order valence-corrected chi connectivity index (χ2v) is 22.8. The lowest BCUT2D eigenvalue weighted by atomic mass is 10.0. The molecule has 0 saturated carbocycles. The highest BCUT2D eigenvalue weighted by molar-refractivity contribution is 4.65. The van der Waals surface area contributed by atoms with Crippen LogP contribution in [0.25, 0.3) is 0 Å². The van der Waals surface area contributed by atoms with Crippen LogP contribution >= 0.6 is 0 Å². The summed E-state index contributed by atoms with van der Waals surface area (Å²) in [7, 11) is 0. The summed E-state index contributed by atoms with van der Waals surface area (Å²) >= 11 is 0. The zero-order chi connectivity index (χ0) is 48.3. The van der Waals surface area contributed by atoms with Gasteiger partial charge in [0.1, 0.15) is 0 Å². The third-order valence-corrected chi connectivity index (χ3v) is 15.7. The molecule has 0 saturated heterocycles. The lowest BCUT2D eigenvalue weighted by Crippen LogP contribution is -2.40. The van der Waals surface area contributed by atoms with Crippen molar-refractivity contribution in [2.24, 2.45) is 0 Å². The van der Waals surface area contributed by atoms with Gasteiger partial charge in [-0.15, -0.1) is 0 Å². The van der Waals surface area contributed by atoms with Crippen LogP contribution in [0.1, 0.15) is 387 Å². The van der Waals surface area contributed by atoms with Gasteiger partial charge in [-0.3, -0.25) is 9.80 Å². The van der Waals surface area contributed by atoms with E-state index in [2.05, 4.69) is 37.5 Å². The molecule has 0 spiro atoms. The minimum atomic E-state index is 1.24. The van der Waals surface area contributed by atoms with E-state index < -0.39 is 0 Å². The molecule has 0 fully saturated rings. The highest BCUT2D eigenvalue weighted by atomic mass is 15.3. The Kier molecular flexibility index (Phi) is 62.0. The second kappa shape index (κ2) is 62.0. The van der Waals surface area contributed by atoms with Gasteiger partial charge in [0, 0.05) is 0 Å². The molecule has 0 atom stereocenters. The number of hydrogen-bond acceptors (Lipinski definition) is 2. The average Bonchev–Trinajstić information content (AvgIpc) is 3.34. The molecule has 0 aliphatic heterocycles. The molecule has 0 bridgehead atoms. The van der Waals surface area contributed by atoms with Crippen molar-refractivity contribution in [3.05, 3.63) is 0 Å². The Balaban J connectivity index is 4.84. The summed E-state index contributed by atoms with van der Waals surface area (Å²) in [6.45, 7) is 15.9. The topological polar surface area (TPSA) is 6.48 Å². The summed E-state index contributed by atoms with van der Waals surface area (Å²) in [6.07, 6.45) is 81.7. The lowest BCUT2D eigenvalue weighted by molar-refractivity contribution is 0.122. The van der Waals surface area contributed by atoms with Gasteiger partial charge in [0.05, 0.1) is 6.67 Å². The standard InChI is InChI=1S/C65H134N2/c1-5-9-13-17-21-25-29-33-37-41-45-49-53-57-61-66(62-58-54-50-46-42-38-34-30-26-22-18-14-10-6-2)65-67(63-59-55-51-47-43-39-35-31-27-23-19-15-11-7-3)64-60-56-52-48-44-40-36-32-28-24-20-16-12-8-4/h5-65H2,1-4H3. The van der Waals surface area contributed by atoms with Gasteiger partial charge < -0.3 is 0 Å². The van der Waals surface area contributed by atoms with E-state index in [4.69, 9.17) is 0 Å². The first-order valence-electron chi connectivity index (χ1n) is 32.7. The molecule has 0 N–H and O–H groups in total. The third kappa shape index (κ3) is 58.4. The fraction of sp³-hybridized carbons (Fsp3) is 1.00. The van der Waals surface area contributed by atoms with Gasteiger partial charge in [-0.05, 0) is 51.9 Å². The molecule has 0 heterocycles. The Hall–Kier alpha value is -0.0800. The van der Waals surface area contributed by atoms with E-state index in [1.807, 2.05) is 0 Å². The van der Waals surface area contributed by atoms with Crippen molar-refractivity contribution in [3.63, 3.8) is 0 Å². The number of hydrogen-bond donors (Lipinski definition) is 0. The molecule has 0 amide bonds. The zero-order valence-corrected chi connectivity index (χ0v) is 48.0. The van der Waals surface area contributed by atoms with Gasteiger partial charge in [-0.1, -0.05) is 362 Å². The van der Waals surface area contributed by atoms with Gasteiger partial charge in [-0.25, -0.2) is 0 Å². The molecule has 0 rings (SSSR count). The summed E-state index contributed by atoms with van der Waals surface area (Å²) in [6, 6.07) is 0. The summed E-state index contributed by atoms with van der Waals surface area (Å²) in [5.41, 5.74) is 0. The monoisotopic (exact) mass is 943 g/mol. The quantitative estimate of drug-likeness (QED) is 0.0443. The molecule has 0 aromatic rings. The highest BCUT2D eigenvalue weighted by Crippen LogP contribution is 2.18. The molecule has 0 radical (unpaired) electrons. The zero-order valence-electron chi connectivity index (χ0n) is 48.0.